The standard InChI is InChI=1S/C20H26N4O/c1-5-12-21-16-8-10-19(22-14-16)20(25)23-18-11-9-17(13-15(18)4)24(6-2)7-3/h5,8-11,13-14,21H,1,6-7,12H2,2-4H3,(H,23,25). The molecule has 0 atom stereocenters. The van der Waals surface area contributed by atoms with Crippen molar-refractivity contribution in [1.29, 1.82) is 0 Å². The van der Waals surface area contributed by atoms with Gasteiger partial charge >= 0.3 is 0 Å². The zero-order valence-electron chi connectivity index (χ0n) is 15.2. The molecule has 1 aromatic carbocycles. The van der Waals surface area contributed by atoms with Crippen LogP contribution in [-0.2, 0) is 0 Å². The van der Waals surface area contributed by atoms with E-state index in [-0.39, 0.29) is 5.91 Å². The number of anilines is 3. The molecule has 0 unspecified atom stereocenters. The molecular weight excluding hydrogens is 312 g/mol. The number of hydrogen-bond acceptors (Lipinski definition) is 4. The molecule has 0 spiro atoms. The molecule has 1 heterocycles. The van der Waals surface area contributed by atoms with Gasteiger partial charge in [-0.25, -0.2) is 4.98 Å². The SMILES string of the molecule is C=CCNc1ccc(C(=O)Nc2ccc(N(CC)CC)cc2C)nc1. The largest absolute Gasteiger partial charge is 0.380 e. The molecule has 1 aromatic heterocycles. The van der Waals surface area contributed by atoms with Crippen molar-refractivity contribution in [3.63, 3.8) is 0 Å². The zero-order valence-corrected chi connectivity index (χ0v) is 15.2. The highest BCUT2D eigenvalue weighted by molar-refractivity contribution is 6.03. The number of carbonyl (C=O) groups is 1. The zero-order chi connectivity index (χ0) is 18.2. The van der Waals surface area contributed by atoms with Gasteiger partial charge in [-0.15, -0.1) is 6.58 Å². The van der Waals surface area contributed by atoms with Crippen LogP contribution < -0.4 is 15.5 Å². The lowest BCUT2D eigenvalue weighted by Crippen LogP contribution is -2.22. The average Bonchev–Trinajstić information content (AvgIpc) is 2.63. The summed E-state index contributed by atoms with van der Waals surface area (Å²) in [5, 5.41) is 6.06. The van der Waals surface area contributed by atoms with Gasteiger partial charge in [0, 0.05) is 31.0 Å². The Hall–Kier alpha value is -2.82. The Balaban J connectivity index is 2.08. The summed E-state index contributed by atoms with van der Waals surface area (Å²) in [6.07, 6.45) is 3.42. The summed E-state index contributed by atoms with van der Waals surface area (Å²) in [5.74, 6) is -0.214. The molecule has 5 heteroatoms. The number of nitrogens with zero attached hydrogens (tertiary/aromatic N) is 2. The second kappa shape index (κ2) is 8.87. The molecule has 1 amide bonds. The molecule has 0 radical (unpaired) electrons. The lowest BCUT2D eigenvalue weighted by molar-refractivity contribution is 0.102. The minimum absolute atomic E-state index is 0.214. The van der Waals surface area contributed by atoms with Gasteiger partial charge in [-0.05, 0) is 56.7 Å². The molecule has 0 bridgehead atoms. The second-order valence-corrected chi connectivity index (χ2v) is 5.73. The van der Waals surface area contributed by atoms with Crippen LogP contribution in [-0.4, -0.2) is 30.5 Å². The van der Waals surface area contributed by atoms with Gasteiger partial charge < -0.3 is 15.5 Å². The molecule has 2 rings (SSSR count). The maximum atomic E-state index is 12.4. The minimum Gasteiger partial charge on any atom is -0.380 e. The van der Waals surface area contributed by atoms with Gasteiger partial charge in [0.2, 0.25) is 0 Å². The molecular formula is C20H26N4O. The lowest BCUT2D eigenvalue weighted by atomic mass is 10.1. The Bertz CT molecular complexity index is 721. The van der Waals surface area contributed by atoms with Gasteiger partial charge in [-0.1, -0.05) is 6.08 Å². The van der Waals surface area contributed by atoms with E-state index in [4.69, 9.17) is 0 Å². The van der Waals surface area contributed by atoms with E-state index >= 15 is 0 Å². The van der Waals surface area contributed by atoms with Gasteiger partial charge in [-0.3, -0.25) is 4.79 Å². The van der Waals surface area contributed by atoms with Crippen molar-refractivity contribution in [2.75, 3.05) is 35.2 Å². The normalized spacial score (nSPS) is 10.2. The quantitative estimate of drug-likeness (QED) is 0.712. The van der Waals surface area contributed by atoms with E-state index in [0.717, 1.165) is 35.7 Å². The third-order valence-corrected chi connectivity index (χ3v) is 4.03. The number of aromatic nitrogens is 1. The van der Waals surface area contributed by atoms with E-state index in [1.54, 1.807) is 18.3 Å². The number of carbonyl (C=O) groups excluding carboxylic acids is 1. The monoisotopic (exact) mass is 338 g/mol. The van der Waals surface area contributed by atoms with Gasteiger partial charge in [0.1, 0.15) is 5.69 Å². The molecule has 132 valence electrons. The van der Waals surface area contributed by atoms with Crippen molar-refractivity contribution in [2.45, 2.75) is 20.8 Å². The van der Waals surface area contributed by atoms with Crippen LogP contribution in [0.5, 0.6) is 0 Å². The number of benzene rings is 1. The second-order valence-electron chi connectivity index (χ2n) is 5.73. The van der Waals surface area contributed by atoms with Gasteiger partial charge in [-0.2, -0.15) is 0 Å². The first kappa shape index (κ1) is 18.5. The number of amides is 1. The molecule has 0 aliphatic rings. The first-order chi connectivity index (χ1) is 12.1. The van der Waals surface area contributed by atoms with Crippen LogP contribution in [0.1, 0.15) is 29.9 Å². The summed E-state index contributed by atoms with van der Waals surface area (Å²) in [4.78, 5) is 18.9. The first-order valence-corrected chi connectivity index (χ1v) is 8.56. The van der Waals surface area contributed by atoms with Crippen molar-refractivity contribution in [1.82, 2.24) is 4.98 Å². The number of aryl methyl sites for hydroxylation is 1. The molecule has 0 aliphatic heterocycles. The van der Waals surface area contributed by atoms with Crippen LogP contribution >= 0.6 is 0 Å². The number of nitrogens with one attached hydrogen (secondary N) is 2. The summed E-state index contributed by atoms with van der Waals surface area (Å²) < 4.78 is 0. The van der Waals surface area contributed by atoms with E-state index in [1.165, 1.54) is 0 Å². The van der Waals surface area contributed by atoms with Crippen LogP contribution in [0.3, 0.4) is 0 Å². The first-order valence-electron chi connectivity index (χ1n) is 8.56. The van der Waals surface area contributed by atoms with Crippen LogP contribution in [0, 0.1) is 6.92 Å². The summed E-state index contributed by atoms with van der Waals surface area (Å²) in [5.41, 5.74) is 4.24. The summed E-state index contributed by atoms with van der Waals surface area (Å²) in [6.45, 7) is 12.5. The maximum absolute atomic E-state index is 12.4. The van der Waals surface area contributed by atoms with Crippen molar-refractivity contribution in [2.24, 2.45) is 0 Å². The van der Waals surface area contributed by atoms with E-state index in [9.17, 15) is 4.79 Å². The Kier molecular flexibility index (Phi) is 6.57. The summed E-state index contributed by atoms with van der Waals surface area (Å²) >= 11 is 0. The van der Waals surface area contributed by atoms with Crippen molar-refractivity contribution < 1.29 is 4.79 Å². The van der Waals surface area contributed by atoms with Gasteiger partial charge in [0.15, 0.2) is 0 Å². The number of rotatable bonds is 8. The Morgan fingerprint density at radius 1 is 1.24 bits per heavy atom. The third kappa shape index (κ3) is 4.83. The van der Waals surface area contributed by atoms with Crippen LogP contribution in [0.15, 0.2) is 49.2 Å². The molecule has 5 nitrogen and oxygen atoms in total. The molecule has 2 aromatic rings. The minimum atomic E-state index is -0.214. The Morgan fingerprint density at radius 2 is 2.00 bits per heavy atom. The van der Waals surface area contributed by atoms with E-state index in [2.05, 4.69) is 47.0 Å². The number of pyridine rings is 1. The fourth-order valence-corrected chi connectivity index (χ4v) is 2.58. The molecule has 0 aliphatic carbocycles. The molecule has 2 N–H and O–H groups in total. The van der Waals surface area contributed by atoms with Crippen LogP contribution in [0.25, 0.3) is 0 Å². The highest BCUT2D eigenvalue weighted by Gasteiger charge is 2.10. The summed E-state index contributed by atoms with van der Waals surface area (Å²) in [7, 11) is 0. The molecule has 0 fully saturated rings. The van der Waals surface area contributed by atoms with E-state index in [0.29, 0.717) is 12.2 Å². The fraction of sp³-hybridized carbons (Fsp3) is 0.300. The Morgan fingerprint density at radius 3 is 2.56 bits per heavy atom. The van der Waals surface area contributed by atoms with Crippen molar-refractivity contribution >= 4 is 23.0 Å². The fourth-order valence-electron chi connectivity index (χ4n) is 2.58. The average molecular weight is 338 g/mol. The Labute approximate surface area is 149 Å². The van der Waals surface area contributed by atoms with E-state index < -0.39 is 0 Å². The number of hydrogen-bond donors (Lipinski definition) is 2. The lowest BCUT2D eigenvalue weighted by Gasteiger charge is -2.22. The predicted octanol–water partition coefficient (Wildman–Crippen LogP) is 4.09. The smallest absolute Gasteiger partial charge is 0.274 e. The predicted molar refractivity (Wildman–Crippen MR) is 106 cm³/mol. The molecule has 25 heavy (non-hydrogen) atoms. The van der Waals surface area contributed by atoms with Crippen LogP contribution in [0.2, 0.25) is 0 Å². The van der Waals surface area contributed by atoms with Gasteiger partial charge in [0.05, 0.1) is 11.9 Å². The van der Waals surface area contributed by atoms with Crippen LogP contribution in [0.4, 0.5) is 17.1 Å². The van der Waals surface area contributed by atoms with Crippen molar-refractivity contribution in [3.05, 3.63) is 60.4 Å². The van der Waals surface area contributed by atoms with Gasteiger partial charge in [0.25, 0.3) is 5.91 Å². The highest BCUT2D eigenvalue weighted by atomic mass is 16.1. The maximum Gasteiger partial charge on any atom is 0.274 e. The van der Waals surface area contributed by atoms with Crippen molar-refractivity contribution in [3.8, 4) is 0 Å². The molecule has 0 saturated carbocycles. The third-order valence-electron chi connectivity index (χ3n) is 4.03. The highest BCUT2D eigenvalue weighted by Crippen LogP contribution is 2.23. The molecule has 0 saturated heterocycles. The summed E-state index contributed by atoms with van der Waals surface area (Å²) in [6, 6.07) is 9.62. The topological polar surface area (TPSA) is 57.3 Å². The van der Waals surface area contributed by atoms with E-state index in [1.807, 2.05) is 25.1 Å².